The Kier molecular flexibility index (Phi) is 2.36. The van der Waals surface area contributed by atoms with Gasteiger partial charge in [0.25, 0.3) is 7.12 Å². The van der Waals surface area contributed by atoms with Gasteiger partial charge in [0.05, 0.1) is 9.69 Å². The van der Waals surface area contributed by atoms with Crippen LogP contribution in [-0.4, -0.2) is 21.3 Å². The minimum Gasteiger partial charge on any atom is -0.242 e. The fourth-order valence-corrected chi connectivity index (χ4v) is 1.11. The average Bonchev–Trinajstić information content (AvgIpc) is 1.30. The lowest BCUT2D eigenvalue weighted by atomic mass is 10.6. The topological polar surface area (TPSA) is 34.1 Å². The van der Waals surface area contributed by atoms with Gasteiger partial charge in [-0.25, -0.2) is 8.42 Å². The zero-order chi connectivity index (χ0) is 5.91. The molecular weight excluding hydrogens is 111 g/mol. The van der Waals surface area contributed by atoms with Crippen molar-refractivity contribution >= 4 is 16.8 Å². The monoisotopic (exact) mass is 120 g/mol. The van der Waals surface area contributed by atoms with Crippen LogP contribution in [-0.2, 0) is 9.69 Å². The van der Waals surface area contributed by atoms with Crippen molar-refractivity contribution < 1.29 is 8.42 Å². The van der Waals surface area contributed by atoms with E-state index in [-0.39, 0.29) is 0 Å². The molecule has 0 saturated heterocycles. The third kappa shape index (κ3) is 6.01. The third-order valence-electron chi connectivity index (χ3n) is 0.575. The summed E-state index contributed by atoms with van der Waals surface area (Å²) in [4.78, 5) is 0. The lowest BCUT2D eigenvalue weighted by Gasteiger charge is -1.87. The molecule has 0 unspecified atom stereocenters. The Hall–Kier alpha value is 0.0149. The standard InChI is InChI=1S/C3H9BO2S/c1-2-3-7(4,5)6/h2-4H2,1H3. The molecule has 0 fully saturated rings. The summed E-state index contributed by atoms with van der Waals surface area (Å²) in [5, 5.41) is 0. The van der Waals surface area contributed by atoms with Crippen molar-refractivity contribution in [3.8, 4) is 0 Å². The van der Waals surface area contributed by atoms with Crippen LogP contribution in [0.25, 0.3) is 0 Å². The SMILES string of the molecule is BS(=O)(=O)CCC. The van der Waals surface area contributed by atoms with Crippen LogP contribution in [0.2, 0.25) is 0 Å². The molecule has 0 aliphatic heterocycles. The van der Waals surface area contributed by atoms with Crippen molar-refractivity contribution in [3.63, 3.8) is 0 Å². The van der Waals surface area contributed by atoms with Crippen molar-refractivity contribution in [1.82, 2.24) is 0 Å². The molecule has 0 radical (unpaired) electrons. The Morgan fingerprint density at radius 3 is 2.00 bits per heavy atom. The number of rotatable bonds is 2. The molecule has 0 aromatic heterocycles. The Balaban J connectivity index is 3.60. The highest BCUT2D eigenvalue weighted by Gasteiger charge is 1.95. The van der Waals surface area contributed by atoms with Crippen LogP contribution in [0.4, 0.5) is 0 Å². The molecule has 4 heteroatoms. The Morgan fingerprint density at radius 1 is 1.57 bits per heavy atom. The van der Waals surface area contributed by atoms with Gasteiger partial charge in [0.2, 0.25) is 0 Å². The molecule has 0 heterocycles. The third-order valence-corrected chi connectivity index (χ3v) is 1.72. The second-order valence-corrected chi connectivity index (χ2v) is 3.89. The van der Waals surface area contributed by atoms with Gasteiger partial charge in [-0.1, -0.05) is 6.92 Å². The molecule has 0 N–H and O–H groups in total. The van der Waals surface area contributed by atoms with E-state index in [2.05, 4.69) is 0 Å². The molecule has 0 aliphatic carbocycles. The summed E-state index contributed by atoms with van der Waals surface area (Å²) in [6.45, 7) is 1.85. The van der Waals surface area contributed by atoms with E-state index in [1.807, 2.05) is 6.92 Å². The van der Waals surface area contributed by atoms with Gasteiger partial charge in [0.1, 0.15) is 0 Å². The van der Waals surface area contributed by atoms with Gasteiger partial charge in [-0.15, -0.1) is 0 Å². The molecule has 0 rings (SSSR count). The van der Waals surface area contributed by atoms with Gasteiger partial charge < -0.3 is 0 Å². The lowest BCUT2D eigenvalue weighted by molar-refractivity contribution is 0.608. The molecule has 0 aromatic rings. The summed E-state index contributed by atoms with van der Waals surface area (Å²) >= 11 is 0. The summed E-state index contributed by atoms with van der Waals surface area (Å²) in [7, 11) is -1.43. The molecule has 0 saturated carbocycles. The fourth-order valence-electron chi connectivity index (χ4n) is 0.371. The van der Waals surface area contributed by atoms with Crippen molar-refractivity contribution in [3.05, 3.63) is 0 Å². The summed E-state index contributed by atoms with van der Waals surface area (Å²) in [5.41, 5.74) is 0. The Morgan fingerprint density at radius 2 is 2.00 bits per heavy atom. The predicted molar refractivity (Wildman–Crippen MR) is 32.6 cm³/mol. The second kappa shape index (κ2) is 2.35. The minimum absolute atomic E-state index is 0.312. The molecule has 0 bridgehead atoms. The lowest BCUT2D eigenvalue weighted by Crippen LogP contribution is -2.02. The van der Waals surface area contributed by atoms with Crippen LogP contribution in [0, 0.1) is 0 Å². The molecule has 0 amide bonds. The van der Waals surface area contributed by atoms with Crippen LogP contribution < -0.4 is 0 Å². The van der Waals surface area contributed by atoms with E-state index in [4.69, 9.17) is 0 Å². The Bertz CT molecular complexity index is 126. The molecule has 0 spiro atoms. The highest BCUT2D eigenvalue weighted by Crippen LogP contribution is 1.83. The van der Waals surface area contributed by atoms with Crippen LogP contribution in [0.1, 0.15) is 13.3 Å². The quantitative estimate of drug-likeness (QED) is 0.454. The van der Waals surface area contributed by atoms with Gasteiger partial charge in [0, 0.05) is 5.75 Å². The first-order valence-electron chi connectivity index (χ1n) is 2.24. The van der Waals surface area contributed by atoms with Crippen LogP contribution >= 0.6 is 0 Å². The van der Waals surface area contributed by atoms with Crippen molar-refractivity contribution in [2.75, 3.05) is 5.75 Å². The first kappa shape index (κ1) is 7.01. The van der Waals surface area contributed by atoms with E-state index in [1.54, 1.807) is 0 Å². The summed E-state index contributed by atoms with van der Waals surface area (Å²) in [5.74, 6) is 0.312. The van der Waals surface area contributed by atoms with Crippen LogP contribution in [0.5, 0.6) is 0 Å². The van der Waals surface area contributed by atoms with Gasteiger partial charge in [-0.2, -0.15) is 0 Å². The maximum Gasteiger partial charge on any atom is 0.256 e. The van der Waals surface area contributed by atoms with Gasteiger partial charge >= 0.3 is 0 Å². The fraction of sp³-hybridized carbons (Fsp3) is 1.00. The number of hydrogen-bond donors (Lipinski definition) is 0. The minimum atomic E-state index is -2.67. The smallest absolute Gasteiger partial charge is 0.242 e. The molecule has 2 nitrogen and oxygen atoms in total. The average molecular weight is 120 g/mol. The molecule has 42 valence electrons. The van der Waals surface area contributed by atoms with Gasteiger partial charge in [0.15, 0.2) is 0 Å². The molecule has 0 atom stereocenters. The molecular formula is C3H9BO2S. The van der Waals surface area contributed by atoms with Gasteiger partial charge in [-0.3, -0.25) is 0 Å². The zero-order valence-corrected chi connectivity index (χ0v) is 5.46. The van der Waals surface area contributed by atoms with E-state index < -0.39 is 9.69 Å². The normalized spacial score (nSPS) is 11.6. The molecule has 0 aliphatic rings. The van der Waals surface area contributed by atoms with Crippen molar-refractivity contribution in [2.45, 2.75) is 13.3 Å². The van der Waals surface area contributed by atoms with E-state index in [1.165, 1.54) is 7.12 Å². The van der Waals surface area contributed by atoms with E-state index in [0.29, 0.717) is 5.75 Å². The summed E-state index contributed by atoms with van der Waals surface area (Å²) in [6.07, 6.45) is 0.721. The maximum atomic E-state index is 10.2. The van der Waals surface area contributed by atoms with E-state index >= 15 is 0 Å². The Labute approximate surface area is 45.1 Å². The van der Waals surface area contributed by atoms with Gasteiger partial charge in [-0.05, 0) is 6.42 Å². The van der Waals surface area contributed by atoms with Crippen molar-refractivity contribution in [1.29, 1.82) is 0 Å². The second-order valence-electron chi connectivity index (χ2n) is 1.63. The first-order chi connectivity index (χ1) is 3.06. The predicted octanol–water partition coefficient (Wildman–Crippen LogP) is -0.641. The van der Waals surface area contributed by atoms with E-state index in [9.17, 15) is 8.42 Å². The highest BCUT2D eigenvalue weighted by molar-refractivity contribution is 8.12. The van der Waals surface area contributed by atoms with Crippen molar-refractivity contribution in [2.24, 2.45) is 0 Å². The van der Waals surface area contributed by atoms with E-state index in [0.717, 1.165) is 6.42 Å². The largest absolute Gasteiger partial charge is 0.256 e. The first-order valence-corrected chi connectivity index (χ1v) is 4.30. The highest BCUT2D eigenvalue weighted by atomic mass is 32.2. The zero-order valence-electron chi connectivity index (χ0n) is 4.64. The molecule has 7 heavy (non-hydrogen) atoms. The van der Waals surface area contributed by atoms with Crippen LogP contribution in [0.3, 0.4) is 0 Å². The summed E-state index contributed by atoms with van der Waals surface area (Å²) in [6, 6.07) is 0. The number of hydrogen-bond acceptors (Lipinski definition) is 2. The maximum absolute atomic E-state index is 10.2. The molecule has 0 aromatic carbocycles. The summed E-state index contributed by atoms with van der Waals surface area (Å²) < 4.78 is 20.5. The van der Waals surface area contributed by atoms with Crippen LogP contribution in [0.15, 0.2) is 0 Å².